The fraction of sp³-hybridized carbons (Fsp3) is 0.344. The van der Waals surface area contributed by atoms with Crippen LogP contribution >= 0.6 is 0 Å². The molecule has 0 unspecified atom stereocenters. The van der Waals surface area contributed by atoms with E-state index >= 15 is 0 Å². The molecule has 6 nitrogen and oxygen atoms in total. The van der Waals surface area contributed by atoms with Gasteiger partial charge in [-0.15, -0.1) is 0 Å². The van der Waals surface area contributed by atoms with Gasteiger partial charge in [-0.2, -0.15) is 0 Å². The lowest BCUT2D eigenvalue weighted by atomic mass is 9.80. The van der Waals surface area contributed by atoms with E-state index in [4.69, 9.17) is 9.73 Å². The van der Waals surface area contributed by atoms with Crippen molar-refractivity contribution in [1.29, 1.82) is 0 Å². The summed E-state index contributed by atoms with van der Waals surface area (Å²) in [5.41, 5.74) is 0.785. The second kappa shape index (κ2) is 11.7. The molecule has 0 N–H and O–H groups in total. The van der Waals surface area contributed by atoms with E-state index < -0.39 is 17.2 Å². The summed E-state index contributed by atoms with van der Waals surface area (Å²) in [5, 5.41) is 0. The van der Waals surface area contributed by atoms with Crippen molar-refractivity contribution in [2.75, 3.05) is 33.3 Å². The van der Waals surface area contributed by atoms with Gasteiger partial charge in [-0.1, -0.05) is 54.6 Å². The normalized spacial score (nSPS) is 20.9. The molecule has 0 spiro atoms. The van der Waals surface area contributed by atoms with Crippen LogP contribution in [0.15, 0.2) is 83.9 Å². The topological polar surface area (TPSA) is 62.2 Å². The number of benzene rings is 3. The highest BCUT2D eigenvalue weighted by molar-refractivity contribution is 6.09. The molecule has 0 saturated carbocycles. The molecule has 1 saturated heterocycles. The molecule has 0 aliphatic carbocycles. The van der Waals surface area contributed by atoms with Crippen molar-refractivity contribution in [3.63, 3.8) is 0 Å². The molecule has 5 rings (SSSR count). The Labute approximate surface area is 233 Å². The summed E-state index contributed by atoms with van der Waals surface area (Å²) in [6, 6.07) is 21.5. The van der Waals surface area contributed by atoms with Gasteiger partial charge in [0.05, 0.1) is 13.0 Å². The molecule has 2 atom stereocenters. The zero-order valence-corrected chi connectivity index (χ0v) is 22.7. The van der Waals surface area contributed by atoms with Gasteiger partial charge in [-0.05, 0) is 79.7 Å². The number of ether oxygens (including phenoxy) is 1. The Kier molecular flexibility index (Phi) is 8.07. The number of halogens is 2. The van der Waals surface area contributed by atoms with Crippen LogP contribution in [0.5, 0.6) is 0 Å². The van der Waals surface area contributed by atoms with Crippen LogP contribution < -0.4 is 0 Å². The number of hydrogen-bond donors (Lipinski definition) is 0. The first kappa shape index (κ1) is 27.6. The smallest absolute Gasteiger partial charge is 0.310 e. The quantitative estimate of drug-likeness (QED) is 0.368. The number of carbonyl (C=O) groups is 2. The number of rotatable bonds is 8. The number of nitrogens with zero attached hydrogens (tertiary/aromatic N) is 3. The summed E-state index contributed by atoms with van der Waals surface area (Å²) >= 11 is 0. The highest BCUT2D eigenvalue weighted by atomic mass is 19.1. The fourth-order valence-electron chi connectivity index (χ4n) is 6.05. The summed E-state index contributed by atoms with van der Waals surface area (Å²) in [4.78, 5) is 35.4. The van der Waals surface area contributed by atoms with Crippen molar-refractivity contribution in [3.8, 4) is 0 Å². The number of amidine groups is 1. The van der Waals surface area contributed by atoms with Gasteiger partial charge in [0.1, 0.15) is 17.5 Å². The maximum atomic E-state index is 14.0. The molecule has 40 heavy (non-hydrogen) atoms. The molecular formula is C32H33F2N3O3. The average molecular weight is 546 g/mol. The third-order valence-corrected chi connectivity index (χ3v) is 8.08. The Morgan fingerprint density at radius 2 is 1.55 bits per heavy atom. The van der Waals surface area contributed by atoms with E-state index in [2.05, 4.69) is 17.0 Å². The van der Waals surface area contributed by atoms with E-state index in [1.807, 2.05) is 18.2 Å². The summed E-state index contributed by atoms with van der Waals surface area (Å²) in [5.74, 6) is -0.898. The van der Waals surface area contributed by atoms with Crippen LogP contribution in [-0.2, 0) is 19.9 Å². The Morgan fingerprint density at radius 3 is 2.12 bits per heavy atom. The molecule has 1 amide bonds. The van der Waals surface area contributed by atoms with Crippen molar-refractivity contribution in [1.82, 2.24) is 9.80 Å². The lowest BCUT2D eigenvalue weighted by molar-refractivity contribution is -0.148. The Balaban J connectivity index is 1.30. The van der Waals surface area contributed by atoms with Gasteiger partial charge in [0.2, 0.25) is 0 Å². The minimum atomic E-state index is -1.41. The number of hydrogen-bond acceptors (Lipinski definition) is 5. The van der Waals surface area contributed by atoms with E-state index in [0.717, 1.165) is 18.5 Å². The number of aliphatic imine (C=N–C) groups is 1. The molecule has 3 aromatic carbocycles. The standard InChI is InChI=1S/C32H33F2N3O3/c1-22-35-32(24-9-13-26(33)14-10-24,25-11-15-27(34)16-12-25)31(39)37(22)19-6-18-36-20-17-28(23-7-4-3-5-8-23)29(21-36)30(38)40-2/h3-5,7-16,28-29H,6,17-21H2,1-2H3/t28-,29-/m1/s1. The van der Waals surface area contributed by atoms with Crippen LogP contribution in [0.3, 0.4) is 0 Å². The molecule has 0 radical (unpaired) electrons. The summed E-state index contributed by atoms with van der Waals surface area (Å²) in [6.07, 6.45) is 1.51. The molecule has 0 aromatic heterocycles. The zero-order valence-electron chi connectivity index (χ0n) is 22.7. The first-order valence-corrected chi connectivity index (χ1v) is 13.6. The van der Waals surface area contributed by atoms with Crippen molar-refractivity contribution in [2.45, 2.75) is 31.2 Å². The van der Waals surface area contributed by atoms with Gasteiger partial charge in [0, 0.05) is 13.1 Å². The molecule has 1 fully saturated rings. The number of likely N-dealkylation sites (tertiary alicyclic amines) is 1. The van der Waals surface area contributed by atoms with Gasteiger partial charge in [0.15, 0.2) is 5.54 Å². The van der Waals surface area contributed by atoms with Crippen LogP contribution in [-0.4, -0.2) is 60.8 Å². The van der Waals surface area contributed by atoms with Gasteiger partial charge in [0.25, 0.3) is 5.91 Å². The highest BCUT2D eigenvalue weighted by Crippen LogP contribution is 2.40. The molecule has 2 aliphatic rings. The molecule has 208 valence electrons. The summed E-state index contributed by atoms with van der Waals surface area (Å²) in [6.45, 7) is 4.34. The van der Waals surface area contributed by atoms with E-state index in [1.165, 1.54) is 31.4 Å². The lowest BCUT2D eigenvalue weighted by Crippen LogP contribution is -2.45. The van der Waals surface area contributed by atoms with E-state index in [1.54, 1.807) is 36.1 Å². The maximum absolute atomic E-state index is 14.0. The number of carbonyl (C=O) groups excluding carboxylic acids is 2. The second-order valence-electron chi connectivity index (χ2n) is 10.4. The molecule has 3 aromatic rings. The monoisotopic (exact) mass is 545 g/mol. The van der Waals surface area contributed by atoms with Gasteiger partial charge in [-0.25, -0.2) is 13.8 Å². The molecule has 0 bridgehead atoms. The zero-order chi connectivity index (χ0) is 28.3. The minimum Gasteiger partial charge on any atom is -0.469 e. The number of piperidine rings is 1. The predicted molar refractivity (Wildman–Crippen MR) is 149 cm³/mol. The van der Waals surface area contributed by atoms with Crippen LogP contribution in [0.25, 0.3) is 0 Å². The van der Waals surface area contributed by atoms with Crippen molar-refractivity contribution >= 4 is 17.7 Å². The van der Waals surface area contributed by atoms with Crippen molar-refractivity contribution in [3.05, 3.63) is 107 Å². The first-order valence-electron chi connectivity index (χ1n) is 13.6. The average Bonchev–Trinajstić information content (AvgIpc) is 3.23. The molecule has 8 heteroatoms. The fourth-order valence-corrected chi connectivity index (χ4v) is 6.05. The predicted octanol–water partition coefficient (Wildman–Crippen LogP) is 5.14. The minimum absolute atomic E-state index is 0.103. The van der Waals surface area contributed by atoms with Gasteiger partial charge in [-0.3, -0.25) is 14.5 Å². The number of esters is 1. The Morgan fingerprint density at radius 1 is 0.950 bits per heavy atom. The molecule has 2 heterocycles. The largest absolute Gasteiger partial charge is 0.469 e. The Bertz CT molecular complexity index is 1330. The van der Waals surface area contributed by atoms with E-state index in [-0.39, 0.29) is 23.7 Å². The highest BCUT2D eigenvalue weighted by Gasteiger charge is 2.50. The van der Waals surface area contributed by atoms with Gasteiger partial charge >= 0.3 is 5.97 Å². The molecular weight excluding hydrogens is 512 g/mol. The van der Waals surface area contributed by atoms with Crippen LogP contribution in [0, 0.1) is 17.6 Å². The second-order valence-corrected chi connectivity index (χ2v) is 10.4. The third kappa shape index (κ3) is 5.28. The first-order chi connectivity index (χ1) is 19.3. The Hall–Kier alpha value is -3.91. The van der Waals surface area contributed by atoms with E-state index in [9.17, 15) is 18.4 Å². The third-order valence-electron chi connectivity index (χ3n) is 8.08. The van der Waals surface area contributed by atoms with Crippen LogP contribution in [0.4, 0.5) is 8.78 Å². The summed E-state index contributed by atoms with van der Waals surface area (Å²) < 4.78 is 32.7. The summed E-state index contributed by atoms with van der Waals surface area (Å²) in [7, 11) is 1.43. The van der Waals surface area contributed by atoms with E-state index in [0.29, 0.717) is 43.0 Å². The van der Waals surface area contributed by atoms with Gasteiger partial charge < -0.3 is 9.64 Å². The number of methoxy groups -OCH3 is 1. The number of amides is 1. The van der Waals surface area contributed by atoms with Crippen molar-refractivity contribution < 1.29 is 23.1 Å². The van der Waals surface area contributed by atoms with Crippen LogP contribution in [0.1, 0.15) is 42.4 Å². The van der Waals surface area contributed by atoms with Crippen molar-refractivity contribution in [2.24, 2.45) is 10.9 Å². The lowest BCUT2D eigenvalue weighted by Gasteiger charge is -2.37. The molecule has 2 aliphatic heterocycles. The maximum Gasteiger partial charge on any atom is 0.310 e. The van der Waals surface area contributed by atoms with Crippen LogP contribution in [0.2, 0.25) is 0 Å². The SMILES string of the molecule is COC(=O)[C@@H]1CN(CCCN2C(=O)C(c3ccc(F)cc3)(c3ccc(F)cc3)N=C2C)CC[C@@H]1c1ccccc1.